The second-order valence-corrected chi connectivity index (χ2v) is 6.91. The van der Waals surface area contributed by atoms with Crippen molar-refractivity contribution in [1.82, 2.24) is 4.90 Å². The Morgan fingerprint density at radius 3 is 2.80 bits per heavy atom. The lowest BCUT2D eigenvalue weighted by molar-refractivity contribution is 0.0635. The van der Waals surface area contributed by atoms with Crippen molar-refractivity contribution in [3.63, 3.8) is 0 Å². The van der Waals surface area contributed by atoms with Gasteiger partial charge in [-0.05, 0) is 61.9 Å². The van der Waals surface area contributed by atoms with Crippen LogP contribution in [-0.4, -0.2) is 23.4 Å². The number of nitrogens with zero attached hydrogens (tertiary/aromatic N) is 1. The largest absolute Gasteiger partial charge is 0.381 e. The van der Waals surface area contributed by atoms with E-state index in [4.69, 9.17) is 0 Å². The molecule has 0 radical (unpaired) electrons. The molecular weight excluding hydrogens is 308 g/mol. The third-order valence-electron chi connectivity index (χ3n) is 5.12. The maximum absolute atomic E-state index is 12.8. The summed E-state index contributed by atoms with van der Waals surface area (Å²) in [5, 5.41) is 3.51. The van der Waals surface area contributed by atoms with Gasteiger partial charge in [0.2, 0.25) is 0 Å². The fourth-order valence-corrected chi connectivity index (χ4v) is 3.58. The van der Waals surface area contributed by atoms with Crippen molar-refractivity contribution in [2.24, 2.45) is 0 Å². The fraction of sp³-hybridized carbons (Fsp3) is 0.409. The molecule has 1 heterocycles. The topological polar surface area (TPSA) is 32.3 Å². The molecule has 1 saturated heterocycles. The molecule has 2 aromatic carbocycles. The Morgan fingerprint density at radius 1 is 1.16 bits per heavy atom. The molecule has 1 fully saturated rings. The number of aryl methyl sites for hydroxylation is 1. The van der Waals surface area contributed by atoms with Crippen molar-refractivity contribution in [1.29, 1.82) is 0 Å². The van der Waals surface area contributed by atoms with Crippen LogP contribution >= 0.6 is 0 Å². The van der Waals surface area contributed by atoms with E-state index in [2.05, 4.69) is 49.5 Å². The number of piperidine rings is 1. The molecule has 132 valence electrons. The first-order chi connectivity index (χ1) is 12.2. The van der Waals surface area contributed by atoms with Gasteiger partial charge in [0.1, 0.15) is 0 Å². The summed E-state index contributed by atoms with van der Waals surface area (Å²) in [4.78, 5) is 14.9. The first-order valence-corrected chi connectivity index (χ1v) is 9.40. The molecule has 1 amide bonds. The zero-order chi connectivity index (χ0) is 17.6. The van der Waals surface area contributed by atoms with E-state index in [9.17, 15) is 4.79 Å². The molecule has 2 aromatic rings. The molecule has 1 aliphatic rings. The predicted molar refractivity (Wildman–Crippen MR) is 104 cm³/mol. The second-order valence-electron chi connectivity index (χ2n) is 6.91. The Labute approximate surface area is 151 Å². The molecule has 3 nitrogen and oxygen atoms in total. The zero-order valence-corrected chi connectivity index (χ0v) is 15.3. The minimum atomic E-state index is 0.169. The van der Waals surface area contributed by atoms with Crippen molar-refractivity contribution in [2.45, 2.75) is 52.1 Å². The first kappa shape index (κ1) is 17.5. The van der Waals surface area contributed by atoms with E-state index in [-0.39, 0.29) is 5.91 Å². The SMILES string of the molecule is CCc1ccccc1NCc1cccc(C(=O)N2CCCCC2C)c1. The summed E-state index contributed by atoms with van der Waals surface area (Å²) < 4.78 is 0. The lowest BCUT2D eigenvalue weighted by Gasteiger charge is -2.33. The third kappa shape index (κ3) is 4.22. The molecule has 1 aliphatic heterocycles. The molecule has 3 heteroatoms. The number of carbonyl (C=O) groups excluding carboxylic acids is 1. The van der Waals surface area contributed by atoms with E-state index in [0.29, 0.717) is 6.04 Å². The highest BCUT2D eigenvalue weighted by molar-refractivity contribution is 5.94. The lowest BCUT2D eigenvalue weighted by Crippen LogP contribution is -2.42. The van der Waals surface area contributed by atoms with Crippen LogP contribution < -0.4 is 5.32 Å². The average molecular weight is 336 g/mol. The molecule has 0 bridgehead atoms. The van der Waals surface area contributed by atoms with Crippen LogP contribution in [0.3, 0.4) is 0 Å². The first-order valence-electron chi connectivity index (χ1n) is 9.40. The monoisotopic (exact) mass is 336 g/mol. The number of benzene rings is 2. The van der Waals surface area contributed by atoms with E-state index in [0.717, 1.165) is 43.5 Å². The van der Waals surface area contributed by atoms with Crippen molar-refractivity contribution in [3.8, 4) is 0 Å². The summed E-state index contributed by atoms with van der Waals surface area (Å²) in [7, 11) is 0. The Bertz CT molecular complexity index is 725. The highest BCUT2D eigenvalue weighted by Gasteiger charge is 2.24. The van der Waals surface area contributed by atoms with Crippen LogP contribution in [0.5, 0.6) is 0 Å². The number of likely N-dealkylation sites (tertiary alicyclic amines) is 1. The molecule has 3 rings (SSSR count). The molecule has 1 unspecified atom stereocenters. The molecular formula is C22H28N2O. The average Bonchev–Trinajstić information content (AvgIpc) is 2.66. The summed E-state index contributed by atoms with van der Waals surface area (Å²) in [5.41, 5.74) is 4.43. The summed E-state index contributed by atoms with van der Waals surface area (Å²) >= 11 is 0. The highest BCUT2D eigenvalue weighted by Crippen LogP contribution is 2.21. The van der Waals surface area contributed by atoms with Gasteiger partial charge in [-0.15, -0.1) is 0 Å². The summed E-state index contributed by atoms with van der Waals surface area (Å²) in [6.45, 7) is 5.93. The molecule has 25 heavy (non-hydrogen) atoms. The Balaban J connectivity index is 1.70. The summed E-state index contributed by atoms with van der Waals surface area (Å²) in [6.07, 6.45) is 4.46. The van der Waals surface area contributed by atoms with Gasteiger partial charge in [-0.2, -0.15) is 0 Å². The number of nitrogens with one attached hydrogen (secondary N) is 1. The normalized spacial score (nSPS) is 17.4. The number of carbonyl (C=O) groups is 1. The Morgan fingerprint density at radius 2 is 2.00 bits per heavy atom. The highest BCUT2D eigenvalue weighted by atomic mass is 16.2. The van der Waals surface area contributed by atoms with Gasteiger partial charge in [-0.1, -0.05) is 37.3 Å². The molecule has 1 N–H and O–H groups in total. The molecule has 1 atom stereocenters. The van der Waals surface area contributed by atoms with E-state index in [1.165, 1.54) is 17.7 Å². The standard InChI is InChI=1S/C22H28N2O/c1-3-19-11-4-5-13-21(19)23-16-18-10-8-12-20(15-18)22(25)24-14-7-6-9-17(24)2/h4-5,8,10-13,15,17,23H,3,6-7,9,14,16H2,1-2H3. The van der Waals surface area contributed by atoms with Crippen molar-refractivity contribution in [3.05, 3.63) is 65.2 Å². The number of amides is 1. The Kier molecular flexibility index (Phi) is 5.75. The maximum atomic E-state index is 12.8. The summed E-state index contributed by atoms with van der Waals surface area (Å²) in [6, 6.07) is 16.8. The van der Waals surface area contributed by atoms with Crippen LogP contribution in [0.4, 0.5) is 5.69 Å². The number of anilines is 1. The van der Waals surface area contributed by atoms with Crippen molar-refractivity contribution in [2.75, 3.05) is 11.9 Å². The number of hydrogen-bond donors (Lipinski definition) is 1. The third-order valence-corrected chi connectivity index (χ3v) is 5.12. The van der Waals surface area contributed by atoms with Gasteiger partial charge in [-0.3, -0.25) is 4.79 Å². The van der Waals surface area contributed by atoms with Gasteiger partial charge in [0.05, 0.1) is 0 Å². The minimum absolute atomic E-state index is 0.169. The van der Waals surface area contributed by atoms with Gasteiger partial charge in [0, 0.05) is 30.4 Å². The molecule has 0 spiro atoms. The fourth-order valence-electron chi connectivity index (χ4n) is 3.58. The van der Waals surface area contributed by atoms with Gasteiger partial charge < -0.3 is 10.2 Å². The van der Waals surface area contributed by atoms with Crippen LogP contribution in [0.25, 0.3) is 0 Å². The summed E-state index contributed by atoms with van der Waals surface area (Å²) in [5.74, 6) is 0.169. The van der Waals surface area contributed by atoms with Crippen LogP contribution in [0.2, 0.25) is 0 Å². The number of para-hydroxylation sites is 1. The van der Waals surface area contributed by atoms with Gasteiger partial charge in [0.25, 0.3) is 5.91 Å². The predicted octanol–water partition coefficient (Wildman–Crippen LogP) is 4.88. The maximum Gasteiger partial charge on any atom is 0.254 e. The molecule has 0 saturated carbocycles. The number of rotatable bonds is 5. The van der Waals surface area contributed by atoms with Crippen molar-refractivity contribution >= 4 is 11.6 Å². The Hall–Kier alpha value is -2.29. The van der Waals surface area contributed by atoms with Crippen LogP contribution in [-0.2, 0) is 13.0 Å². The molecule has 0 aliphatic carbocycles. The second kappa shape index (κ2) is 8.19. The van der Waals surface area contributed by atoms with Crippen LogP contribution in [0.15, 0.2) is 48.5 Å². The quantitative estimate of drug-likeness (QED) is 0.844. The van der Waals surface area contributed by atoms with Gasteiger partial charge in [-0.25, -0.2) is 0 Å². The van der Waals surface area contributed by atoms with Crippen LogP contribution in [0.1, 0.15) is 54.6 Å². The molecule has 0 aromatic heterocycles. The van der Waals surface area contributed by atoms with Crippen molar-refractivity contribution < 1.29 is 4.79 Å². The van der Waals surface area contributed by atoms with Crippen LogP contribution in [0, 0.1) is 0 Å². The lowest BCUT2D eigenvalue weighted by atomic mass is 10.0. The van der Waals surface area contributed by atoms with Gasteiger partial charge >= 0.3 is 0 Å². The van der Waals surface area contributed by atoms with Gasteiger partial charge in [0.15, 0.2) is 0 Å². The van der Waals surface area contributed by atoms with E-state index < -0.39 is 0 Å². The number of hydrogen-bond acceptors (Lipinski definition) is 2. The minimum Gasteiger partial charge on any atom is -0.381 e. The smallest absolute Gasteiger partial charge is 0.254 e. The van der Waals surface area contributed by atoms with E-state index in [1.54, 1.807) is 0 Å². The van der Waals surface area contributed by atoms with E-state index in [1.807, 2.05) is 23.1 Å². The zero-order valence-electron chi connectivity index (χ0n) is 15.3. The van der Waals surface area contributed by atoms with E-state index >= 15 is 0 Å².